The molecule has 0 saturated carbocycles. The summed E-state index contributed by atoms with van der Waals surface area (Å²) in [5, 5.41) is 20.5. The molecule has 1 aromatic heterocycles. The van der Waals surface area contributed by atoms with E-state index in [4.69, 9.17) is 0 Å². The van der Waals surface area contributed by atoms with Crippen molar-refractivity contribution < 1.29 is 10.2 Å². The van der Waals surface area contributed by atoms with Crippen LogP contribution in [0.15, 0.2) is 24.3 Å². The molecule has 0 aliphatic heterocycles. The Hall–Kier alpha value is -2.49. The number of imidazole rings is 1. The van der Waals surface area contributed by atoms with Crippen LogP contribution in [0.5, 0.6) is 11.5 Å². The van der Waals surface area contributed by atoms with Crippen LogP contribution < -0.4 is 0 Å². The van der Waals surface area contributed by atoms with E-state index in [2.05, 4.69) is 9.97 Å². The molecule has 0 aliphatic carbocycles. The van der Waals surface area contributed by atoms with E-state index in [1.165, 1.54) is 0 Å². The average Bonchev–Trinajstić information content (AvgIpc) is 2.90. The zero-order chi connectivity index (χ0) is 15.1. The third-order valence-corrected chi connectivity index (χ3v) is 4.15. The van der Waals surface area contributed by atoms with Crippen molar-refractivity contribution >= 4 is 11.0 Å². The van der Waals surface area contributed by atoms with E-state index in [1.54, 1.807) is 0 Å². The molecule has 3 aromatic rings. The first-order valence-corrected chi connectivity index (χ1v) is 6.93. The molecule has 3 N–H and O–H groups in total. The Kier molecular flexibility index (Phi) is 3.09. The van der Waals surface area contributed by atoms with Crippen LogP contribution in [0.2, 0.25) is 0 Å². The molecule has 0 amide bonds. The standard InChI is InChI=1S/C17H18N2O2/c1-9-10(2)17(21)12(11(3)16(9)20)8-15-18-13-6-4-5-7-14(13)19-15/h4-7,20-21H,8H2,1-3H3,(H,18,19). The summed E-state index contributed by atoms with van der Waals surface area (Å²) in [6, 6.07) is 7.81. The summed E-state index contributed by atoms with van der Waals surface area (Å²) in [6.45, 7) is 5.44. The fourth-order valence-corrected chi connectivity index (χ4v) is 2.66. The van der Waals surface area contributed by atoms with Gasteiger partial charge < -0.3 is 15.2 Å². The van der Waals surface area contributed by atoms with E-state index in [0.29, 0.717) is 17.5 Å². The first kappa shape index (κ1) is 13.5. The van der Waals surface area contributed by atoms with Crippen LogP contribution in [0.4, 0.5) is 0 Å². The summed E-state index contributed by atoms with van der Waals surface area (Å²) in [5.74, 6) is 1.26. The quantitative estimate of drug-likeness (QED) is 0.630. The van der Waals surface area contributed by atoms with Gasteiger partial charge in [0.15, 0.2) is 0 Å². The summed E-state index contributed by atoms with van der Waals surface area (Å²) in [6.07, 6.45) is 0.459. The van der Waals surface area contributed by atoms with Crippen LogP contribution in [0.25, 0.3) is 11.0 Å². The fraction of sp³-hybridized carbons (Fsp3) is 0.235. The van der Waals surface area contributed by atoms with Crippen LogP contribution in [-0.2, 0) is 6.42 Å². The van der Waals surface area contributed by atoms with Gasteiger partial charge in [-0.3, -0.25) is 0 Å². The van der Waals surface area contributed by atoms with E-state index in [9.17, 15) is 10.2 Å². The maximum absolute atomic E-state index is 10.4. The van der Waals surface area contributed by atoms with Crippen molar-refractivity contribution in [2.24, 2.45) is 0 Å². The van der Waals surface area contributed by atoms with Gasteiger partial charge in [-0.15, -0.1) is 0 Å². The van der Waals surface area contributed by atoms with Gasteiger partial charge in [-0.05, 0) is 49.6 Å². The normalized spacial score (nSPS) is 11.2. The molecule has 0 unspecified atom stereocenters. The molecule has 0 spiro atoms. The third kappa shape index (κ3) is 2.13. The summed E-state index contributed by atoms with van der Waals surface area (Å²) in [7, 11) is 0. The van der Waals surface area contributed by atoms with E-state index in [1.807, 2.05) is 45.0 Å². The monoisotopic (exact) mass is 282 g/mol. The lowest BCUT2D eigenvalue weighted by atomic mass is 9.95. The second kappa shape index (κ2) is 4.81. The number of hydrogen-bond donors (Lipinski definition) is 3. The lowest BCUT2D eigenvalue weighted by Crippen LogP contribution is -1.99. The Bertz CT molecular complexity index is 772. The van der Waals surface area contributed by atoms with Crippen LogP contribution in [0.3, 0.4) is 0 Å². The van der Waals surface area contributed by atoms with Crippen molar-refractivity contribution in [3.05, 3.63) is 52.3 Å². The predicted octanol–water partition coefficient (Wildman–Crippen LogP) is 3.49. The highest BCUT2D eigenvalue weighted by atomic mass is 16.3. The Morgan fingerprint density at radius 1 is 0.952 bits per heavy atom. The molecule has 3 rings (SSSR count). The lowest BCUT2D eigenvalue weighted by Gasteiger charge is -2.15. The number of rotatable bonds is 2. The minimum absolute atomic E-state index is 0.239. The number of nitrogens with zero attached hydrogens (tertiary/aromatic N) is 1. The molecule has 0 saturated heterocycles. The van der Waals surface area contributed by atoms with Gasteiger partial charge >= 0.3 is 0 Å². The second-order valence-corrected chi connectivity index (χ2v) is 5.43. The summed E-state index contributed by atoms with van der Waals surface area (Å²) >= 11 is 0. The maximum atomic E-state index is 10.4. The number of phenolic OH excluding ortho intramolecular Hbond substituents is 2. The number of fused-ring (bicyclic) bond motifs is 1. The summed E-state index contributed by atoms with van der Waals surface area (Å²) in [5.41, 5.74) is 4.73. The number of hydrogen-bond acceptors (Lipinski definition) is 3. The van der Waals surface area contributed by atoms with Crippen molar-refractivity contribution in [2.75, 3.05) is 0 Å². The highest BCUT2D eigenvalue weighted by molar-refractivity contribution is 5.75. The number of H-pyrrole nitrogens is 1. The van der Waals surface area contributed by atoms with Gasteiger partial charge in [0, 0.05) is 12.0 Å². The topological polar surface area (TPSA) is 69.1 Å². The molecule has 4 heteroatoms. The molecule has 0 fully saturated rings. The maximum Gasteiger partial charge on any atom is 0.122 e. The summed E-state index contributed by atoms with van der Waals surface area (Å²) < 4.78 is 0. The molecule has 4 nitrogen and oxygen atoms in total. The van der Waals surface area contributed by atoms with Gasteiger partial charge in [-0.1, -0.05) is 12.1 Å². The first-order valence-electron chi connectivity index (χ1n) is 6.93. The molecule has 21 heavy (non-hydrogen) atoms. The third-order valence-electron chi connectivity index (χ3n) is 4.15. The molecular weight excluding hydrogens is 264 g/mol. The van der Waals surface area contributed by atoms with Crippen LogP contribution >= 0.6 is 0 Å². The molecule has 0 aliphatic rings. The average molecular weight is 282 g/mol. The number of para-hydroxylation sites is 2. The number of benzene rings is 2. The lowest BCUT2D eigenvalue weighted by molar-refractivity contribution is 0.444. The van der Waals surface area contributed by atoms with E-state index >= 15 is 0 Å². The van der Waals surface area contributed by atoms with Gasteiger partial charge in [0.25, 0.3) is 0 Å². The number of aromatic hydroxyl groups is 2. The molecule has 2 aromatic carbocycles. The van der Waals surface area contributed by atoms with Crippen molar-refractivity contribution in [3.8, 4) is 11.5 Å². The van der Waals surface area contributed by atoms with Crippen molar-refractivity contribution in [2.45, 2.75) is 27.2 Å². The van der Waals surface area contributed by atoms with Crippen LogP contribution in [0.1, 0.15) is 28.1 Å². The van der Waals surface area contributed by atoms with E-state index in [0.717, 1.165) is 28.0 Å². The molecule has 1 heterocycles. The Labute approximate surface area is 123 Å². The molecule has 0 atom stereocenters. The molecular formula is C17H18N2O2. The Balaban J connectivity index is 2.09. The fourth-order valence-electron chi connectivity index (χ4n) is 2.66. The van der Waals surface area contributed by atoms with E-state index in [-0.39, 0.29) is 11.5 Å². The van der Waals surface area contributed by atoms with E-state index < -0.39 is 0 Å². The SMILES string of the molecule is Cc1c(C)c(O)c(Cc2nc3ccccc3[nH]2)c(C)c1O. The number of aromatic amines is 1. The van der Waals surface area contributed by atoms with Crippen molar-refractivity contribution in [1.82, 2.24) is 9.97 Å². The van der Waals surface area contributed by atoms with Gasteiger partial charge in [0.2, 0.25) is 0 Å². The zero-order valence-electron chi connectivity index (χ0n) is 12.4. The van der Waals surface area contributed by atoms with Crippen LogP contribution in [-0.4, -0.2) is 20.2 Å². The Morgan fingerprint density at radius 3 is 2.33 bits per heavy atom. The highest BCUT2D eigenvalue weighted by Gasteiger charge is 2.17. The van der Waals surface area contributed by atoms with Crippen LogP contribution in [0, 0.1) is 20.8 Å². The van der Waals surface area contributed by atoms with Gasteiger partial charge in [-0.25, -0.2) is 4.98 Å². The smallest absolute Gasteiger partial charge is 0.122 e. The Morgan fingerprint density at radius 2 is 1.62 bits per heavy atom. The van der Waals surface area contributed by atoms with Gasteiger partial charge in [-0.2, -0.15) is 0 Å². The highest BCUT2D eigenvalue weighted by Crippen LogP contribution is 2.37. The first-order chi connectivity index (χ1) is 9.99. The molecule has 0 radical (unpaired) electrons. The number of phenols is 2. The van der Waals surface area contributed by atoms with Gasteiger partial charge in [0.05, 0.1) is 11.0 Å². The minimum Gasteiger partial charge on any atom is -0.507 e. The second-order valence-electron chi connectivity index (χ2n) is 5.43. The number of nitrogens with one attached hydrogen (secondary N) is 1. The predicted molar refractivity (Wildman–Crippen MR) is 82.9 cm³/mol. The van der Waals surface area contributed by atoms with Gasteiger partial charge in [0.1, 0.15) is 17.3 Å². The van der Waals surface area contributed by atoms with Crippen molar-refractivity contribution in [3.63, 3.8) is 0 Å². The zero-order valence-corrected chi connectivity index (χ0v) is 12.4. The largest absolute Gasteiger partial charge is 0.507 e. The molecule has 0 bridgehead atoms. The minimum atomic E-state index is 0.239. The molecule has 108 valence electrons. The number of aromatic nitrogens is 2. The van der Waals surface area contributed by atoms with Crippen molar-refractivity contribution in [1.29, 1.82) is 0 Å². The summed E-state index contributed by atoms with van der Waals surface area (Å²) in [4.78, 5) is 7.77.